The highest BCUT2D eigenvalue weighted by Gasteiger charge is 2.36. The van der Waals surface area contributed by atoms with Crippen molar-refractivity contribution >= 4 is 29.4 Å². The molecule has 2 aliphatic rings. The van der Waals surface area contributed by atoms with E-state index in [1.165, 1.54) is 0 Å². The van der Waals surface area contributed by atoms with Crippen LogP contribution in [0.25, 0.3) is 0 Å². The van der Waals surface area contributed by atoms with Crippen molar-refractivity contribution in [3.63, 3.8) is 0 Å². The van der Waals surface area contributed by atoms with E-state index in [4.69, 9.17) is 0 Å². The van der Waals surface area contributed by atoms with Gasteiger partial charge in [0.25, 0.3) is 5.91 Å². The molecule has 0 radical (unpaired) electrons. The number of fused-ring (bicyclic) bond motifs is 1. The molecule has 2 aromatic rings. The molecule has 0 aromatic heterocycles. The van der Waals surface area contributed by atoms with Crippen molar-refractivity contribution in [2.24, 2.45) is 0 Å². The summed E-state index contributed by atoms with van der Waals surface area (Å²) in [6, 6.07) is 13.2. The first-order valence-corrected chi connectivity index (χ1v) is 9.37. The molecule has 2 heterocycles. The summed E-state index contributed by atoms with van der Waals surface area (Å²) in [6.45, 7) is 0.921. The second-order valence-corrected chi connectivity index (χ2v) is 7.09. The fourth-order valence-corrected chi connectivity index (χ4v) is 3.77. The summed E-state index contributed by atoms with van der Waals surface area (Å²) in [5, 5.41) is 7.33. The van der Waals surface area contributed by atoms with Gasteiger partial charge in [0, 0.05) is 30.8 Å². The van der Waals surface area contributed by atoms with Crippen molar-refractivity contribution < 1.29 is 19.2 Å². The fourth-order valence-electron chi connectivity index (χ4n) is 3.77. The predicted octanol–water partition coefficient (Wildman–Crippen LogP) is 1.77. The number of carbonyl (C=O) groups is 4. The van der Waals surface area contributed by atoms with Gasteiger partial charge in [-0.25, -0.2) is 4.79 Å². The first-order valence-electron chi connectivity index (χ1n) is 9.37. The average Bonchev–Trinajstić information content (AvgIpc) is 3.12. The Morgan fingerprint density at radius 2 is 1.79 bits per heavy atom. The summed E-state index contributed by atoms with van der Waals surface area (Å²) in [5.74, 6) is -1.06. The topological polar surface area (TPSA) is 108 Å². The van der Waals surface area contributed by atoms with Crippen LogP contribution in [0.15, 0.2) is 48.5 Å². The number of nitrogens with one attached hydrogen (secondary N) is 3. The van der Waals surface area contributed by atoms with Crippen molar-refractivity contribution in [3.8, 4) is 0 Å². The van der Waals surface area contributed by atoms with Gasteiger partial charge in [0.15, 0.2) is 0 Å². The Hall–Kier alpha value is -3.52. The lowest BCUT2D eigenvalue weighted by Gasteiger charge is -2.29. The van der Waals surface area contributed by atoms with Gasteiger partial charge in [0.05, 0.1) is 6.04 Å². The highest BCUT2D eigenvalue weighted by atomic mass is 16.2. The number of urea groups is 1. The largest absolute Gasteiger partial charge is 0.326 e. The van der Waals surface area contributed by atoms with E-state index < -0.39 is 18.0 Å². The van der Waals surface area contributed by atoms with Crippen molar-refractivity contribution in [2.75, 3.05) is 5.32 Å². The third kappa shape index (κ3) is 4.02. The van der Waals surface area contributed by atoms with Gasteiger partial charge < -0.3 is 5.32 Å². The Balaban J connectivity index is 1.45. The van der Waals surface area contributed by atoms with E-state index in [1.54, 1.807) is 36.4 Å². The summed E-state index contributed by atoms with van der Waals surface area (Å²) in [5.41, 5.74) is 2.72. The van der Waals surface area contributed by atoms with E-state index in [-0.39, 0.29) is 11.8 Å². The summed E-state index contributed by atoms with van der Waals surface area (Å²) >= 11 is 0. The molecule has 29 heavy (non-hydrogen) atoms. The lowest BCUT2D eigenvalue weighted by atomic mass is 10.0. The number of hydrogen-bond donors (Lipinski definition) is 3. The van der Waals surface area contributed by atoms with Gasteiger partial charge in [0.2, 0.25) is 11.8 Å². The van der Waals surface area contributed by atoms with E-state index in [2.05, 4.69) is 16.0 Å². The smallest absolute Gasteiger partial charge is 0.308 e. The van der Waals surface area contributed by atoms with Crippen molar-refractivity contribution in [2.45, 2.75) is 32.0 Å². The molecule has 1 saturated heterocycles. The zero-order chi connectivity index (χ0) is 20.4. The molecule has 148 valence electrons. The maximum atomic E-state index is 12.7. The first-order chi connectivity index (χ1) is 14.0. The van der Waals surface area contributed by atoms with Crippen LogP contribution in [0.4, 0.5) is 10.5 Å². The Labute approximate surface area is 167 Å². The number of nitrogens with zero attached hydrogens (tertiary/aromatic N) is 1. The number of imide groups is 2. The Morgan fingerprint density at radius 3 is 2.55 bits per heavy atom. The lowest BCUT2D eigenvalue weighted by Crippen LogP contribution is -2.50. The maximum absolute atomic E-state index is 12.7. The number of rotatable bonds is 3. The molecule has 3 N–H and O–H groups in total. The molecule has 2 aliphatic heterocycles. The summed E-state index contributed by atoms with van der Waals surface area (Å²) in [6.07, 6.45) is 0.760. The van der Waals surface area contributed by atoms with E-state index >= 15 is 0 Å². The quantitative estimate of drug-likeness (QED) is 0.690. The molecule has 8 nitrogen and oxygen atoms in total. The Morgan fingerprint density at radius 1 is 1.00 bits per heavy atom. The van der Waals surface area contributed by atoms with E-state index in [0.717, 1.165) is 11.1 Å². The molecule has 5 amide bonds. The molecule has 8 heteroatoms. The average molecular weight is 392 g/mol. The van der Waals surface area contributed by atoms with E-state index in [1.807, 2.05) is 17.0 Å². The van der Waals surface area contributed by atoms with Gasteiger partial charge in [-0.3, -0.25) is 29.9 Å². The van der Waals surface area contributed by atoms with Crippen LogP contribution in [-0.4, -0.2) is 34.7 Å². The number of anilines is 1. The molecular formula is C21H20N4O4. The fraction of sp³-hybridized carbons (Fsp3) is 0.238. The Bertz CT molecular complexity index is 989. The third-order valence-corrected chi connectivity index (χ3v) is 5.16. The maximum Gasteiger partial charge on any atom is 0.326 e. The molecule has 0 bridgehead atoms. The van der Waals surface area contributed by atoms with Crippen LogP contribution in [0.3, 0.4) is 0 Å². The highest BCUT2D eigenvalue weighted by molar-refractivity contribution is 6.08. The van der Waals surface area contributed by atoms with Gasteiger partial charge in [-0.1, -0.05) is 30.3 Å². The van der Waals surface area contributed by atoms with Crippen molar-refractivity contribution in [1.82, 2.24) is 15.5 Å². The Kier molecular flexibility index (Phi) is 5.09. The third-order valence-electron chi connectivity index (χ3n) is 5.16. The second-order valence-electron chi connectivity index (χ2n) is 7.09. The van der Waals surface area contributed by atoms with Gasteiger partial charge in [0.1, 0.15) is 0 Å². The zero-order valence-corrected chi connectivity index (χ0v) is 15.6. The molecule has 1 atom stereocenters. The van der Waals surface area contributed by atoms with E-state index in [9.17, 15) is 19.2 Å². The molecule has 0 saturated carbocycles. The van der Waals surface area contributed by atoms with Crippen LogP contribution in [0, 0.1) is 0 Å². The predicted molar refractivity (Wildman–Crippen MR) is 105 cm³/mol. The number of benzene rings is 2. The SMILES string of the molecule is O=C1CCC(N2Cc3cccc(C(=O)NC(=O)Nc4ccccc4)c3C2)C(=O)N1. The lowest BCUT2D eigenvalue weighted by molar-refractivity contribution is -0.137. The van der Waals surface area contributed by atoms with Crippen LogP contribution in [-0.2, 0) is 22.7 Å². The van der Waals surface area contributed by atoms with Gasteiger partial charge in [-0.05, 0) is 35.7 Å². The van der Waals surface area contributed by atoms with Gasteiger partial charge in [-0.2, -0.15) is 0 Å². The molecule has 1 unspecified atom stereocenters. The summed E-state index contributed by atoms with van der Waals surface area (Å²) in [4.78, 5) is 50.3. The van der Waals surface area contributed by atoms with Gasteiger partial charge in [-0.15, -0.1) is 0 Å². The molecule has 1 fully saturated rings. The van der Waals surface area contributed by atoms with Crippen LogP contribution in [0.5, 0.6) is 0 Å². The molecule has 0 spiro atoms. The molecular weight excluding hydrogens is 372 g/mol. The molecule has 2 aromatic carbocycles. The van der Waals surface area contributed by atoms with Crippen LogP contribution in [0.1, 0.15) is 34.3 Å². The number of piperidine rings is 1. The summed E-state index contributed by atoms with van der Waals surface area (Å²) < 4.78 is 0. The minimum absolute atomic E-state index is 0.257. The van der Waals surface area contributed by atoms with Crippen LogP contribution in [0.2, 0.25) is 0 Å². The van der Waals surface area contributed by atoms with Gasteiger partial charge >= 0.3 is 6.03 Å². The zero-order valence-electron chi connectivity index (χ0n) is 15.6. The van der Waals surface area contributed by atoms with Crippen molar-refractivity contribution in [3.05, 3.63) is 65.2 Å². The van der Waals surface area contributed by atoms with Crippen LogP contribution >= 0.6 is 0 Å². The monoisotopic (exact) mass is 392 g/mol. The second kappa shape index (κ2) is 7.84. The standard InChI is InChI=1S/C21H20N4O4/c26-18-10-9-17(20(28)23-18)25-11-13-5-4-8-15(16(13)12-25)19(27)24-21(29)22-14-6-2-1-3-7-14/h1-8,17H,9-12H2,(H,23,26,28)(H2,22,24,27,29). The molecule has 4 rings (SSSR count). The number of hydrogen-bond acceptors (Lipinski definition) is 5. The highest BCUT2D eigenvalue weighted by Crippen LogP contribution is 2.29. The van der Waals surface area contributed by atoms with E-state index in [0.29, 0.717) is 37.2 Å². The normalized spacial score (nSPS) is 18.7. The summed E-state index contributed by atoms with van der Waals surface area (Å²) in [7, 11) is 0. The first kappa shape index (κ1) is 18.8. The minimum Gasteiger partial charge on any atom is -0.308 e. The number of carbonyl (C=O) groups excluding carboxylic acids is 4. The minimum atomic E-state index is -0.612. The number of amides is 5. The van der Waals surface area contributed by atoms with Crippen LogP contribution < -0.4 is 16.0 Å². The van der Waals surface area contributed by atoms with Crippen molar-refractivity contribution in [1.29, 1.82) is 0 Å². The molecule has 0 aliphatic carbocycles. The number of para-hydroxylation sites is 1.